The molecule has 0 saturated carbocycles. The molecule has 0 aliphatic carbocycles. The highest BCUT2D eigenvalue weighted by molar-refractivity contribution is 9.10. The van der Waals surface area contributed by atoms with E-state index in [0.29, 0.717) is 24.6 Å². The Morgan fingerprint density at radius 3 is 2.91 bits per heavy atom. The second kappa shape index (κ2) is 7.86. The summed E-state index contributed by atoms with van der Waals surface area (Å²) >= 11 is 3.39. The van der Waals surface area contributed by atoms with Gasteiger partial charge in [0.2, 0.25) is 0 Å². The number of rotatable bonds is 4. The summed E-state index contributed by atoms with van der Waals surface area (Å²) < 4.78 is 12.2. The lowest BCUT2D eigenvalue weighted by Gasteiger charge is -2.13. The molecule has 1 aliphatic rings. The molecular formula is C16H18BrClN2O3. The van der Waals surface area contributed by atoms with Crippen molar-refractivity contribution in [2.45, 2.75) is 19.1 Å². The van der Waals surface area contributed by atoms with Gasteiger partial charge in [0.1, 0.15) is 18.1 Å². The summed E-state index contributed by atoms with van der Waals surface area (Å²) in [5.74, 6) is 1.58. The maximum absolute atomic E-state index is 12.3. The molecule has 2 heterocycles. The maximum Gasteiger partial charge on any atom is 0.289 e. The molecule has 0 radical (unpaired) electrons. The van der Waals surface area contributed by atoms with Crippen LogP contribution in [0.4, 0.5) is 0 Å². The molecule has 1 fully saturated rings. The summed E-state index contributed by atoms with van der Waals surface area (Å²) in [5, 5.41) is 0. The summed E-state index contributed by atoms with van der Waals surface area (Å²) in [6.07, 6.45) is 0.839. The number of carbonyl (C=O) groups excluding carboxylic acids is 1. The molecule has 3 rings (SSSR count). The average molecular weight is 402 g/mol. The van der Waals surface area contributed by atoms with Crippen LogP contribution in [0.5, 0.6) is 5.75 Å². The zero-order valence-corrected chi connectivity index (χ0v) is 14.8. The predicted octanol–water partition coefficient (Wildman–Crippen LogP) is 3.22. The van der Waals surface area contributed by atoms with E-state index in [-0.39, 0.29) is 31.0 Å². The van der Waals surface area contributed by atoms with E-state index in [4.69, 9.17) is 14.9 Å². The molecule has 0 spiro atoms. The van der Waals surface area contributed by atoms with Gasteiger partial charge in [-0.3, -0.25) is 4.79 Å². The third-order valence-corrected chi connectivity index (χ3v) is 4.05. The Kier molecular flexibility index (Phi) is 6.10. The first-order chi connectivity index (χ1) is 10.6. The SMILES string of the molecule is Cl.N[C@@H]1CCN(C(=O)c2ccc(COc3cccc(Br)c3)o2)C1. The number of carbonyl (C=O) groups is 1. The quantitative estimate of drug-likeness (QED) is 0.854. The Morgan fingerprint density at radius 1 is 1.39 bits per heavy atom. The second-order valence-corrected chi connectivity index (χ2v) is 6.23. The Morgan fingerprint density at radius 2 is 2.22 bits per heavy atom. The minimum atomic E-state index is -0.110. The number of nitrogens with two attached hydrogens (primary N) is 1. The van der Waals surface area contributed by atoms with Crippen molar-refractivity contribution in [1.29, 1.82) is 0 Å². The summed E-state index contributed by atoms with van der Waals surface area (Å²) in [5.41, 5.74) is 5.82. The molecule has 0 unspecified atom stereocenters. The third kappa shape index (κ3) is 4.50. The molecule has 5 nitrogen and oxygen atoms in total. The van der Waals surface area contributed by atoms with Crippen molar-refractivity contribution in [2.24, 2.45) is 5.73 Å². The molecule has 2 N–H and O–H groups in total. The zero-order valence-electron chi connectivity index (χ0n) is 12.4. The van der Waals surface area contributed by atoms with Crippen LogP contribution in [0.15, 0.2) is 45.3 Å². The molecule has 1 atom stereocenters. The molecule has 1 aromatic carbocycles. The number of amides is 1. The van der Waals surface area contributed by atoms with E-state index in [2.05, 4.69) is 15.9 Å². The van der Waals surface area contributed by atoms with E-state index >= 15 is 0 Å². The monoisotopic (exact) mass is 400 g/mol. The van der Waals surface area contributed by atoms with Crippen molar-refractivity contribution in [3.8, 4) is 5.75 Å². The van der Waals surface area contributed by atoms with Gasteiger partial charge in [-0.15, -0.1) is 12.4 Å². The van der Waals surface area contributed by atoms with Gasteiger partial charge < -0.3 is 19.8 Å². The van der Waals surface area contributed by atoms with Crippen molar-refractivity contribution < 1.29 is 13.9 Å². The second-order valence-electron chi connectivity index (χ2n) is 5.31. The van der Waals surface area contributed by atoms with Crippen molar-refractivity contribution in [3.63, 3.8) is 0 Å². The lowest BCUT2D eigenvalue weighted by Crippen LogP contribution is -2.31. The molecule has 7 heteroatoms. The predicted molar refractivity (Wildman–Crippen MR) is 92.9 cm³/mol. The van der Waals surface area contributed by atoms with Crippen LogP contribution in [-0.4, -0.2) is 29.9 Å². The first-order valence-electron chi connectivity index (χ1n) is 7.14. The molecular weight excluding hydrogens is 384 g/mol. The minimum Gasteiger partial charge on any atom is -0.486 e. The lowest BCUT2D eigenvalue weighted by molar-refractivity contribution is 0.0755. The third-order valence-electron chi connectivity index (χ3n) is 3.56. The van der Waals surface area contributed by atoms with Gasteiger partial charge in [-0.1, -0.05) is 22.0 Å². The van der Waals surface area contributed by atoms with E-state index < -0.39 is 0 Å². The highest BCUT2D eigenvalue weighted by atomic mass is 79.9. The summed E-state index contributed by atoms with van der Waals surface area (Å²) in [6.45, 7) is 1.55. The Labute approximate surface area is 149 Å². The van der Waals surface area contributed by atoms with Crippen LogP contribution in [0.1, 0.15) is 22.7 Å². The van der Waals surface area contributed by atoms with E-state index in [1.54, 1.807) is 17.0 Å². The zero-order chi connectivity index (χ0) is 15.5. The number of benzene rings is 1. The molecule has 1 saturated heterocycles. The fraction of sp³-hybridized carbons (Fsp3) is 0.312. The van der Waals surface area contributed by atoms with E-state index in [9.17, 15) is 4.79 Å². The number of hydrogen-bond acceptors (Lipinski definition) is 4. The van der Waals surface area contributed by atoms with Crippen LogP contribution >= 0.6 is 28.3 Å². The smallest absolute Gasteiger partial charge is 0.289 e. The van der Waals surface area contributed by atoms with Crippen LogP contribution < -0.4 is 10.5 Å². The highest BCUT2D eigenvalue weighted by Gasteiger charge is 2.26. The minimum absolute atomic E-state index is 0. The van der Waals surface area contributed by atoms with Crippen LogP contribution in [0.25, 0.3) is 0 Å². The molecule has 124 valence electrons. The lowest BCUT2D eigenvalue weighted by atomic mass is 10.3. The van der Waals surface area contributed by atoms with Crippen LogP contribution in [0.3, 0.4) is 0 Å². The van der Waals surface area contributed by atoms with Gasteiger partial charge in [0, 0.05) is 23.6 Å². The molecule has 23 heavy (non-hydrogen) atoms. The number of nitrogens with zero attached hydrogens (tertiary/aromatic N) is 1. The van der Waals surface area contributed by atoms with Crippen LogP contribution in [0.2, 0.25) is 0 Å². The van der Waals surface area contributed by atoms with Gasteiger partial charge >= 0.3 is 0 Å². The van der Waals surface area contributed by atoms with Crippen molar-refractivity contribution in [2.75, 3.05) is 13.1 Å². The first-order valence-corrected chi connectivity index (χ1v) is 7.93. The maximum atomic E-state index is 12.3. The van der Waals surface area contributed by atoms with E-state index in [1.807, 2.05) is 24.3 Å². The standard InChI is InChI=1S/C16H17BrN2O3.ClH/c17-11-2-1-3-13(8-11)21-10-14-4-5-15(22-14)16(20)19-7-6-12(18)9-19;/h1-5,8,12H,6-7,9-10,18H2;1H/t12-;/m1./s1. The Bertz CT molecular complexity index is 677. The molecule has 1 aliphatic heterocycles. The number of furan rings is 1. The van der Waals surface area contributed by atoms with Gasteiger partial charge in [-0.2, -0.15) is 0 Å². The van der Waals surface area contributed by atoms with Crippen LogP contribution in [0, 0.1) is 0 Å². The Balaban J connectivity index is 0.00000192. The molecule has 1 aromatic heterocycles. The number of likely N-dealkylation sites (tertiary alicyclic amines) is 1. The summed E-state index contributed by atoms with van der Waals surface area (Å²) in [6, 6.07) is 11.1. The number of hydrogen-bond donors (Lipinski definition) is 1. The summed E-state index contributed by atoms with van der Waals surface area (Å²) in [7, 11) is 0. The Hall–Kier alpha value is -1.50. The van der Waals surface area contributed by atoms with Gasteiger partial charge in [0.15, 0.2) is 5.76 Å². The van der Waals surface area contributed by atoms with Gasteiger partial charge in [-0.25, -0.2) is 0 Å². The fourth-order valence-corrected chi connectivity index (χ4v) is 2.79. The van der Waals surface area contributed by atoms with Crippen LogP contribution in [-0.2, 0) is 6.61 Å². The summed E-state index contributed by atoms with van der Waals surface area (Å²) in [4.78, 5) is 14.0. The van der Waals surface area contributed by atoms with Gasteiger partial charge in [-0.05, 0) is 36.8 Å². The fourth-order valence-electron chi connectivity index (χ4n) is 2.41. The number of ether oxygens (including phenoxy) is 1. The first kappa shape index (κ1) is 17.8. The van der Waals surface area contributed by atoms with Gasteiger partial charge in [0.05, 0.1) is 0 Å². The largest absolute Gasteiger partial charge is 0.486 e. The van der Waals surface area contributed by atoms with Crippen molar-refractivity contribution in [3.05, 3.63) is 52.4 Å². The number of halogens is 2. The van der Waals surface area contributed by atoms with Crippen molar-refractivity contribution in [1.82, 2.24) is 4.90 Å². The molecule has 0 bridgehead atoms. The highest BCUT2D eigenvalue weighted by Crippen LogP contribution is 2.20. The van der Waals surface area contributed by atoms with Crippen molar-refractivity contribution >= 4 is 34.2 Å². The molecule has 2 aromatic rings. The van der Waals surface area contributed by atoms with E-state index in [0.717, 1.165) is 16.6 Å². The average Bonchev–Trinajstić information content (AvgIpc) is 3.13. The normalized spacial score (nSPS) is 17.0. The topological polar surface area (TPSA) is 68.7 Å². The van der Waals surface area contributed by atoms with Gasteiger partial charge in [0.25, 0.3) is 5.91 Å². The molecule has 1 amide bonds. The van der Waals surface area contributed by atoms with E-state index in [1.165, 1.54) is 0 Å².